The largest absolute Gasteiger partial charge is 0.378 e. The van der Waals surface area contributed by atoms with Gasteiger partial charge in [-0.3, -0.25) is 4.79 Å². The minimum Gasteiger partial charge on any atom is -0.378 e. The van der Waals surface area contributed by atoms with Gasteiger partial charge in [0.1, 0.15) is 17.1 Å². The number of amides is 1. The molecule has 0 saturated heterocycles. The molecule has 3 N–H and O–H groups in total. The average molecular weight is 402 g/mol. The van der Waals surface area contributed by atoms with E-state index in [1.165, 1.54) is 5.56 Å². The number of carbonyl (C=O) groups is 1. The fourth-order valence-corrected chi connectivity index (χ4v) is 4.40. The highest BCUT2D eigenvalue weighted by molar-refractivity contribution is 5.93. The number of nitrogens with two attached hydrogens (primary N) is 1. The van der Waals surface area contributed by atoms with Crippen molar-refractivity contribution in [1.29, 1.82) is 0 Å². The van der Waals surface area contributed by atoms with Crippen molar-refractivity contribution in [3.8, 4) is 23.2 Å². The lowest BCUT2D eigenvalue weighted by Crippen LogP contribution is -2.25. The molecule has 2 bridgehead atoms. The SMILES string of the molecule is C=C/C=C(\C)Cc1c(C(N)=O)nc2n1C1CC(C1)c1ccc(C#CC(C)(C)O)cc1-2. The van der Waals surface area contributed by atoms with Gasteiger partial charge in [0.15, 0.2) is 0 Å². The molecule has 5 nitrogen and oxygen atoms in total. The molecule has 1 fully saturated rings. The van der Waals surface area contributed by atoms with Crippen LogP contribution in [0.15, 0.2) is 42.5 Å². The third-order valence-corrected chi connectivity index (χ3v) is 5.82. The Morgan fingerprint density at radius 1 is 1.43 bits per heavy atom. The molecule has 1 aromatic heterocycles. The van der Waals surface area contributed by atoms with Crippen molar-refractivity contribution in [2.45, 2.75) is 57.6 Å². The summed E-state index contributed by atoms with van der Waals surface area (Å²) >= 11 is 0. The summed E-state index contributed by atoms with van der Waals surface area (Å²) in [5, 5.41) is 9.94. The van der Waals surface area contributed by atoms with Gasteiger partial charge in [0, 0.05) is 23.6 Å². The van der Waals surface area contributed by atoms with Gasteiger partial charge in [-0.1, -0.05) is 42.2 Å². The number of nitrogens with zero attached hydrogens (tertiary/aromatic N) is 2. The van der Waals surface area contributed by atoms with Crippen LogP contribution in [0.5, 0.6) is 0 Å². The summed E-state index contributed by atoms with van der Waals surface area (Å²) in [4.78, 5) is 17.0. The number of allylic oxidation sites excluding steroid dienone is 3. The molecule has 0 atom stereocenters. The number of hydrogen-bond donors (Lipinski definition) is 2. The first-order chi connectivity index (χ1) is 14.2. The predicted octanol–water partition coefficient (Wildman–Crippen LogP) is 3.88. The lowest BCUT2D eigenvalue weighted by Gasteiger charge is -2.35. The quantitative estimate of drug-likeness (QED) is 0.603. The third-order valence-electron chi connectivity index (χ3n) is 5.82. The van der Waals surface area contributed by atoms with Crippen molar-refractivity contribution in [1.82, 2.24) is 9.55 Å². The third kappa shape index (κ3) is 3.59. The van der Waals surface area contributed by atoms with Crippen molar-refractivity contribution in [3.05, 3.63) is 65.0 Å². The van der Waals surface area contributed by atoms with Crippen molar-refractivity contribution < 1.29 is 9.90 Å². The highest BCUT2D eigenvalue weighted by atomic mass is 16.3. The number of benzene rings is 1. The Labute approximate surface area is 177 Å². The van der Waals surface area contributed by atoms with Gasteiger partial charge in [0.05, 0.1) is 5.69 Å². The van der Waals surface area contributed by atoms with Crippen LogP contribution in [0.4, 0.5) is 0 Å². The Bertz CT molecular complexity index is 1130. The highest BCUT2D eigenvalue weighted by Gasteiger charge is 2.41. The van der Waals surface area contributed by atoms with Crippen molar-refractivity contribution in [3.63, 3.8) is 0 Å². The van der Waals surface area contributed by atoms with Crippen molar-refractivity contribution in [2.75, 3.05) is 0 Å². The molecule has 2 aliphatic heterocycles. The van der Waals surface area contributed by atoms with Crippen LogP contribution in [0.25, 0.3) is 11.4 Å². The lowest BCUT2D eigenvalue weighted by molar-refractivity contribution is 0.0994. The van der Waals surface area contributed by atoms with Crippen LogP contribution in [0.1, 0.15) is 72.9 Å². The van der Waals surface area contributed by atoms with Gasteiger partial charge in [-0.25, -0.2) is 4.98 Å². The minimum absolute atomic E-state index is 0.315. The van der Waals surface area contributed by atoms with Crippen LogP contribution >= 0.6 is 0 Å². The Hall–Kier alpha value is -3.10. The van der Waals surface area contributed by atoms with Crippen molar-refractivity contribution >= 4 is 5.91 Å². The second-order valence-electron chi connectivity index (χ2n) is 8.82. The number of hydrogen-bond acceptors (Lipinski definition) is 3. The Kier molecular flexibility index (Phi) is 4.91. The zero-order valence-corrected chi connectivity index (χ0v) is 17.7. The summed E-state index contributed by atoms with van der Waals surface area (Å²) in [7, 11) is 0. The molecule has 30 heavy (non-hydrogen) atoms. The van der Waals surface area contributed by atoms with E-state index in [0.29, 0.717) is 24.1 Å². The van der Waals surface area contributed by atoms with Crippen LogP contribution in [-0.4, -0.2) is 26.2 Å². The fourth-order valence-electron chi connectivity index (χ4n) is 4.40. The molecule has 2 aromatic rings. The number of aliphatic hydroxyl groups is 1. The van der Waals surface area contributed by atoms with Crippen LogP contribution < -0.4 is 5.73 Å². The topological polar surface area (TPSA) is 81.1 Å². The molecule has 5 rings (SSSR count). The van der Waals surface area contributed by atoms with E-state index in [-0.39, 0.29) is 0 Å². The van der Waals surface area contributed by atoms with Crippen LogP contribution in [0.3, 0.4) is 0 Å². The molecule has 1 amide bonds. The summed E-state index contributed by atoms with van der Waals surface area (Å²) in [5.41, 5.74) is 10.0. The summed E-state index contributed by atoms with van der Waals surface area (Å²) < 4.78 is 2.22. The smallest absolute Gasteiger partial charge is 0.269 e. The Morgan fingerprint density at radius 3 is 2.80 bits per heavy atom. The molecule has 5 heteroatoms. The number of primary amides is 1. The van der Waals surface area contributed by atoms with Crippen molar-refractivity contribution in [2.24, 2.45) is 5.73 Å². The number of imidazole rings is 1. The van der Waals surface area contributed by atoms with Gasteiger partial charge in [0.25, 0.3) is 5.91 Å². The molecule has 3 aliphatic rings. The Morgan fingerprint density at radius 2 is 2.17 bits per heavy atom. The molecular weight excluding hydrogens is 374 g/mol. The molecule has 0 radical (unpaired) electrons. The molecule has 1 saturated carbocycles. The fraction of sp³-hybridized carbons (Fsp3) is 0.360. The lowest BCUT2D eigenvalue weighted by atomic mass is 9.75. The molecule has 0 spiro atoms. The summed E-state index contributed by atoms with van der Waals surface area (Å²) in [6.45, 7) is 9.11. The van der Waals surface area contributed by atoms with Crippen LogP contribution in [-0.2, 0) is 6.42 Å². The summed E-state index contributed by atoms with van der Waals surface area (Å²) in [6.07, 6.45) is 6.36. The van der Waals surface area contributed by atoms with E-state index in [9.17, 15) is 9.90 Å². The van der Waals surface area contributed by atoms with Crippen LogP contribution in [0, 0.1) is 11.8 Å². The first-order valence-electron chi connectivity index (χ1n) is 10.3. The molecule has 0 unspecified atom stereocenters. The van der Waals surface area contributed by atoms with Gasteiger partial charge in [-0.2, -0.15) is 0 Å². The van der Waals surface area contributed by atoms with Gasteiger partial charge < -0.3 is 15.4 Å². The maximum Gasteiger partial charge on any atom is 0.269 e. The first kappa shape index (κ1) is 20.2. The normalized spacial score (nSPS) is 19.5. The van der Waals surface area contributed by atoms with E-state index in [2.05, 4.69) is 29.1 Å². The molecule has 154 valence electrons. The van der Waals surface area contributed by atoms with E-state index in [1.807, 2.05) is 25.1 Å². The van der Waals surface area contributed by atoms with E-state index < -0.39 is 11.5 Å². The van der Waals surface area contributed by atoms with E-state index >= 15 is 0 Å². The number of carbonyl (C=O) groups excluding carboxylic acids is 1. The van der Waals surface area contributed by atoms with Gasteiger partial charge in [-0.15, -0.1) is 0 Å². The maximum atomic E-state index is 12.2. The highest BCUT2D eigenvalue weighted by Crippen LogP contribution is 2.53. The van der Waals surface area contributed by atoms with E-state index in [4.69, 9.17) is 10.7 Å². The molecule has 1 aromatic carbocycles. The average Bonchev–Trinajstić information content (AvgIpc) is 2.85. The van der Waals surface area contributed by atoms with Crippen LogP contribution in [0.2, 0.25) is 0 Å². The number of rotatable bonds is 4. The second-order valence-corrected chi connectivity index (χ2v) is 8.82. The van der Waals surface area contributed by atoms with Gasteiger partial charge in [0.2, 0.25) is 0 Å². The maximum absolute atomic E-state index is 12.2. The first-order valence-corrected chi connectivity index (χ1v) is 10.3. The zero-order chi connectivity index (χ0) is 21.6. The second kappa shape index (κ2) is 7.30. The van der Waals surface area contributed by atoms with E-state index in [0.717, 1.165) is 41.1 Å². The predicted molar refractivity (Wildman–Crippen MR) is 118 cm³/mol. The molecule has 1 aliphatic carbocycles. The summed E-state index contributed by atoms with van der Waals surface area (Å²) in [5.74, 6) is 6.69. The Balaban J connectivity index is 1.90. The van der Waals surface area contributed by atoms with Gasteiger partial charge in [-0.05, 0) is 57.2 Å². The monoisotopic (exact) mass is 401 g/mol. The molecule has 3 heterocycles. The van der Waals surface area contributed by atoms with E-state index in [1.54, 1.807) is 19.9 Å². The zero-order valence-electron chi connectivity index (χ0n) is 17.7. The van der Waals surface area contributed by atoms with Gasteiger partial charge >= 0.3 is 0 Å². The number of aromatic nitrogens is 2. The standard InChI is InChI=1S/C25H27N3O2/c1-5-6-15(2)11-21-22(23(26)29)27-24-20-12-16(9-10-25(3,4)30)7-8-19(20)17-13-18(14-17)28(21)24/h5-8,12,17-18,30H,1,11,13-14H2,2-4H3,(H2,26,29)/b15-6+. The molecular formula is C25H27N3O2. The minimum atomic E-state index is -1.06. The summed E-state index contributed by atoms with van der Waals surface area (Å²) in [6, 6.07) is 6.45.